The number of quaternary nitrogens is 1. The maximum absolute atomic E-state index is 6.30. The molecule has 0 radical (unpaired) electrons. The van der Waals surface area contributed by atoms with Crippen molar-refractivity contribution < 1.29 is 9.64 Å². The summed E-state index contributed by atoms with van der Waals surface area (Å²) in [7, 11) is 0. The molecule has 0 aliphatic carbocycles. The number of morpholine rings is 1. The highest BCUT2D eigenvalue weighted by Crippen LogP contribution is 2.20. The van der Waals surface area contributed by atoms with Crippen LogP contribution in [0.4, 0.5) is 0 Å². The van der Waals surface area contributed by atoms with Gasteiger partial charge in [0.25, 0.3) is 0 Å². The summed E-state index contributed by atoms with van der Waals surface area (Å²) >= 11 is 7.91. The smallest absolute Gasteiger partial charge is 0.206 e. The first kappa shape index (κ1) is 20.0. The van der Waals surface area contributed by atoms with Crippen molar-refractivity contribution in [1.29, 1.82) is 0 Å². The minimum absolute atomic E-state index is 0.683. The fraction of sp³-hybridized carbons (Fsp3) is 0.273. The van der Waals surface area contributed by atoms with Crippen LogP contribution in [0.2, 0.25) is 5.02 Å². The Morgan fingerprint density at radius 1 is 1.07 bits per heavy atom. The van der Waals surface area contributed by atoms with Gasteiger partial charge in [0.05, 0.1) is 38.2 Å². The molecular weight excluding hydrogens is 404 g/mol. The van der Waals surface area contributed by atoms with E-state index in [4.69, 9.17) is 26.4 Å². The van der Waals surface area contributed by atoms with Gasteiger partial charge in [0, 0.05) is 21.5 Å². The van der Waals surface area contributed by atoms with E-state index < -0.39 is 0 Å². The maximum atomic E-state index is 6.30. The number of thiazole rings is 1. The fourth-order valence-electron chi connectivity index (χ4n) is 3.25. The van der Waals surface area contributed by atoms with Crippen molar-refractivity contribution in [2.45, 2.75) is 0 Å². The number of aromatic nitrogens is 1. The molecule has 4 rings (SSSR count). The summed E-state index contributed by atoms with van der Waals surface area (Å²) < 4.78 is 7.35. The van der Waals surface area contributed by atoms with E-state index in [0.29, 0.717) is 5.02 Å². The Kier molecular flexibility index (Phi) is 6.90. The zero-order valence-electron chi connectivity index (χ0n) is 16.1. The second-order valence-electron chi connectivity index (χ2n) is 6.84. The highest BCUT2D eigenvalue weighted by molar-refractivity contribution is 7.07. The van der Waals surface area contributed by atoms with E-state index in [1.54, 1.807) is 22.5 Å². The Bertz CT molecular complexity index is 1020. The zero-order chi connectivity index (χ0) is 19.9. The van der Waals surface area contributed by atoms with Crippen LogP contribution in [-0.2, 0) is 4.74 Å². The first-order valence-corrected chi connectivity index (χ1v) is 11.0. The molecule has 1 aliphatic heterocycles. The third-order valence-corrected chi connectivity index (χ3v) is 6.08. The first-order chi connectivity index (χ1) is 14.3. The number of hydrogen-bond donors (Lipinski definition) is 1. The molecule has 0 atom stereocenters. The second-order valence-corrected chi connectivity index (χ2v) is 8.09. The lowest BCUT2D eigenvalue weighted by atomic mass is 10.2. The molecule has 0 spiro atoms. The molecular formula is C22H24ClN4OS+. The quantitative estimate of drug-likeness (QED) is 0.604. The fourth-order valence-corrected chi connectivity index (χ4v) is 4.29. The molecule has 5 nitrogen and oxygen atoms in total. The first-order valence-electron chi connectivity index (χ1n) is 9.78. The van der Waals surface area contributed by atoms with Gasteiger partial charge in [0.1, 0.15) is 13.1 Å². The van der Waals surface area contributed by atoms with E-state index in [1.807, 2.05) is 47.1 Å². The summed E-state index contributed by atoms with van der Waals surface area (Å²) in [6.07, 6.45) is 1.80. The van der Waals surface area contributed by atoms with Crippen LogP contribution in [-0.4, -0.2) is 50.3 Å². The highest BCUT2D eigenvalue weighted by atomic mass is 35.5. The van der Waals surface area contributed by atoms with E-state index in [1.165, 1.54) is 0 Å². The van der Waals surface area contributed by atoms with Gasteiger partial charge in [-0.25, -0.2) is 4.68 Å². The summed E-state index contributed by atoms with van der Waals surface area (Å²) in [5.41, 5.74) is 3.02. The van der Waals surface area contributed by atoms with E-state index in [2.05, 4.69) is 17.5 Å². The van der Waals surface area contributed by atoms with Crippen molar-refractivity contribution >= 4 is 29.2 Å². The molecule has 1 saturated heterocycles. The molecule has 0 unspecified atom stereocenters. The van der Waals surface area contributed by atoms with E-state index in [9.17, 15) is 0 Å². The lowest BCUT2D eigenvalue weighted by molar-refractivity contribution is -0.906. The molecule has 2 aromatic carbocycles. The summed E-state index contributed by atoms with van der Waals surface area (Å²) in [6.45, 7) is 5.57. The molecule has 1 aliphatic rings. The topological polar surface area (TPSA) is 43.3 Å². The number of nitrogens with zero attached hydrogens (tertiary/aromatic N) is 3. The van der Waals surface area contributed by atoms with Gasteiger partial charge in [-0.15, -0.1) is 11.3 Å². The third-order valence-electron chi connectivity index (χ3n) is 4.88. The van der Waals surface area contributed by atoms with Crippen LogP contribution in [0.25, 0.3) is 11.3 Å². The molecule has 150 valence electrons. The minimum atomic E-state index is 0.683. The molecule has 7 heteroatoms. The van der Waals surface area contributed by atoms with Crippen LogP contribution >= 0.6 is 22.9 Å². The van der Waals surface area contributed by atoms with Gasteiger partial charge >= 0.3 is 0 Å². The molecule has 0 saturated carbocycles. The summed E-state index contributed by atoms with van der Waals surface area (Å²) in [6, 6.07) is 18.0. The van der Waals surface area contributed by atoms with Crippen molar-refractivity contribution in [3.05, 3.63) is 75.4 Å². The third kappa shape index (κ3) is 5.22. The van der Waals surface area contributed by atoms with Gasteiger partial charge in [-0.3, -0.25) is 4.99 Å². The molecule has 2 heterocycles. The Balaban J connectivity index is 1.63. The Hall–Kier alpha value is -2.25. The van der Waals surface area contributed by atoms with Gasteiger partial charge in [-0.1, -0.05) is 60.1 Å². The van der Waals surface area contributed by atoms with Crippen LogP contribution in [0.3, 0.4) is 0 Å². The van der Waals surface area contributed by atoms with Crippen molar-refractivity contribution in [2.75, 3.05) is 39.4 Å². The monoisotopic (exact) mass is 427 g/mol. The normalized spacial score (nSPS) is 16.0. The Morgan fingerprint density at radius 3 is 2.62 bits per heavy atom. The number of halogens is 1. The lowest BCUT2D eigenvalue weighted by Gasteiger charge is -2.22. The van der Waals surface area contributed by atoms with Crippen molar-refractivity contribution in [2.24, 2.45) is 10.1 Å². The molecule has 29 heavy (non-hydrogen) atoms. The van der Waals surface area contributed by atoms with Crippen molar-refractivity contribution in [3.63, 3.8) is 0 Å². The molecule has 0 bridgehead atoms. The number of hydrogen-bond acceptors (Lipinski definition) is 4. The molecule has 1 N–H and O–H groups in total. The van der Waals surface area contributed by atoms with Gasteiger partial charge in [0.2, 0.25) is 4.80 Å². The van der Waals surface area contributed by atoms with Crippen LogP contribution in [0.5, 0.6) is 0 Å². The number of ether oxygens (including phenoxy) is 1. The van der Waals surface area contributed by atoms with Gasteiger partial charge in [-0.05, 0) is 6.07 Å². The molecule has 3 aromatic rings. The predicted molar refractivity (Wildman–Crippen MR) is 119 cm³/mol. The van der Waals surface area contributed by atoms with Gasteiger partial charge < -0.3 is 9.64 Å². The minimum Gasteiger partial charge on any atom is -0.370 e. The summed E-state index contributed by atoms with van der Waals surface area (Å²) in [5.74, 6) is 0. The Morgan fingerprint density at radius 2 is 1.83 bits per heavy atom. The SMILES string of the molecule is Clc1ccccc1/C=N\n1c(-c2ccccc2)csc1=NCC[NH+]1CCOCC1. The average molecular weight is 428 g/mol. The molecule has 1 fully saturated rings. The molecule has 1 aromatic heterocycles. The van der Waals surface area contributed by atoms with Gasteiger partial charge in [0.15, 0.2) is 0 Å². The van der Waals surface area contributed by atoms with Crippen LogP contribution in [0.1, 0.15) is 5.56 Å². The summed E-state index contributed by atoms with van der Waals surface area (Å²) in [5, 5.41) is 7.53. The second kappa shape index (κ2) is 9.98. The number of benzene rings is 2. The van der Waals surface area contributed by atoms with Crippen molar-refractivity contribution in [3.8, 4) is 11.3 Å². The van der Waals surface area contributed by atoms with Gasteiger partial charge in [-0.2, -0.15) is 5.10 Å². The maximum Gasteiger partial charge on any atom is 0.206 e. The van der Waals surface area contributed by atoms with E-state index in [-0.39, 0.29) is 0 Å². The number of nitrogens with one attached hydrogen (secondary N) is 1. The van der Waals surface area contributed by atoms with Crippen LogP contribution in [0, 0.1) is 0 Å². The number of rotatable bonds is 6. The molecule has 0 amide bonds. The van der Waals surface area contributed by atoms with Crippen LogP contribution in [0.15, 0.2) is 70.1 Å². The van der Waals surface area contributed by atoms with E-state index >= 15 is 0 Å². The summed E-state index contributed by atoms with van der Waals surface area (Å²) in [4.78, 5) is 7.29. The van der Waals surface area contributed by atoms with E-state index in [0.717, 1.165) is 61.0 Å². The standard InChI is InChI=1S/C22H23ClN4OS/c23-20-9-5-4-8-19(20)16-25-27-21(18-6-2-1-3-7-18)17-29-22(27)24-10-11-26-12-14-28-15-13-26/h1-9,16-17H,10-15H2/p+1/b24-22?,25-16-. The highest BCUT2D eigenvalue weighted by Gasteiger charge is 2.13. The van der Waals surface area contributed by atoms with Crippen LogP contribution < -0.4 is 9.70 Å². The largest absolute Gasteiger partial charge is 0.370 e. The van der Waals surface area contributed by atoms with Crippen molar-refractivity contribution in [1.82, 2.24) is 4.68 Å². The predicted octanol–water partition coefficient (Wildman–Crippen LogP) is 2.57. The Labute approximate surface area is 179 Å². The lowest BCUT2D eigenvalue weighted by Crippen LogP contribution is -3.14. The zero-order valence-corrected chi connectivity index (χ0v) is 17.7. The average Bonchev–Trinajstić information content (AvgIpc) is 3.17.